The molecule has 0 radical (unpaired) electrons. The molecule has 0 unspecified atom stereocenters. The van der Waals surface area contributed by atoms with Crippen molar-refractivity contribution in [3.63, 3.8) is 0 Å². The molecule has 0 bridgehead atoms. The third-order valence-corrected chi connectivity index (χ3v) is 5.94. The third-order valence-electron chi connectivity index (χ3n) is 5.94. The number of benzene rings is 1. The van der Waals surface area contributed by atoms with Crippen LogP contribution in [-0.4, -0.2) is 19.7 Å². The van der Waals surface area contributed by atoms with E-state index in [2.05, 4.69) is 33.4 Å². The first-order valence-corrected chi connectivity index (χ1v) is 11.1. The van der Waals surface area contributed by atoms with Crippen LogP contribution in [0.25, 0.3) is 33.6 Å². The Hall–Kier alpha value is -4.26. The number of nitrogens with zero attached hydrogens (tertiary/aromatic N) is 4. The highest BCUT2D eigenvalue weighted by molar-refractivity contribution is 5.85. The number of fused-ring (bicyclic) bond motifs is 1. The van der Waals surface area contributed by atoms with Gasteiger partial charge in [-0.15, -0.1) is 0 Å². The van der Waals surface area contributed by atoms with Gasteiger partial charge in [0, 0.05) is 54.1 Å². The van der Waals surface area contributed by atoms with Crippen molar-refractivity contribution in [2.24, 2.45) is 7.05 Å². The molecule has 0 spiro atoms. The highest BCUT2D eigenvalue weighted by Gasteiger charge is 2.20. The van der Waals surface area contributed by atoms with E-state index in [0.717, 1.165) is 33.6 Å². The Balaban J connectivity index is 1.63. The van der Waals surface area contributed by atoms with Crippen LogP contribution >= 0.6 is 0 Å². The summed E-state index contributed by atoms with van der Waals surface area (Å²) in [5, 5.41) is 8.42. The van der Waals surface area contributed by atoms with Gasteiger partial charge in [-0.3, -0.25) is 19.4 Å². The molecule has 7 nitrogen and oxygen atoms in total. The molecule has 0 aliphatic carbocycles. The van der Waals surface area contributed by atoms with Crippen molar-refractivity contribution in [1.82, 2.24) is 19.7 Å². The standard InChI is InChI=1S/C27H25N5O2/c1-16-11-21(18(3)31-23-8-6-10-29-24(23)20-14-30-32(4)15-20)27-22(12-16)25(33)17(2)26(34-27)19-7-5-9-28-13-19/h5-15,18,31H,1-4H3/t18-/m1/s1. The van der Waals surface area contributed by atoms with Gasteiger partial charge in [-0.1, -0.05) is 6.07 Å². The molecular weight excluding hydrogens is 426 g/mol. The summed E-state index contributed by atoms with van der Waals surface area (Å²) in [6, 6.07) is 11.4. The molecular formula is C27H25N5O2. The van der Waals surface area contributed by atoms with Crippen LogP contribution in [-0.2, 0) is 7.05 Å². The van der Waals surface area contributed by atoms with E-state index in [1.807, 2.05) is 50.5 Å². The molecule has 0 amide bonds. The van der Waals surface area contributed by atoms with Crippen molar-refractivity contribution in [3.8, 4) is 22.6 Å². The van der Waals surface area contributed by atoms with Crippen LogP contribution in [0.4, 0.5) is 5.69 Å². The largest absolute Gasteiger partial charge is 0.455 e. The number of anilines is 1. The lowest BCUT2D eigenvalue weighted by atomic mass is 9.99. The SMILES string of the molecule is Cc1cc([C@@H](C)Nc2cccnc2-c2cnn(C)c2)c2oc(-c3cccnc3)c(C)c(=O)c2c1. The quantitative estimate of drug-likeness (QED) is 0.383. The van der Waals surface area contributed by atoms with Crippen molar-refractivity contribution in [3.05, 3.63) is 94.3 Å². The van der Waals surface area contributed by atoms with Crippen LogP contribution in [0, 0.1) is 13.8 Å². The Morgan fingerprint density at radius 2 is 1.88 bits per heavy atom. The first-order chi connectivity index (χ1) is 16.4. The minimum absolute atomic E-state index is 0.0327. The molecule has 5 aromatic rings. The monoisotopic (exact) mass is 451 g/mol. The van der Waals surface area contributed by atoms with Gasteiger partial charge in [-0.05, 0) is 56.7 Å². The summed E-state index contributed by atoms with van der Waals surface area (Å²) < 4.78 is 8.17. The van der Waals surface area contributed by atoms with Gasteiger partial charge in [0.2, 0.25) is 0 Å². The first kappa shape index (κ1) is 21.6. The molecule has 0 fully saturated rings. The maximum Gasteiger partial charge on any atom is 0.196 e. The second-order valence-corrected chi connectivity index (χ2v) is 8.53. The molecule has 1 aromatic carbocycles. The molecule has 4 aromatic heterocycles. The van der Waals surface area contributed by atoms with Crippen molar-refractivity contribution in [1.29, 1.82) is 0 Å². The lowest BCUT2D eigenvalue weighted by Gasteiger charge is -2.20. The Kier molecular flexibility index (Phi) is 5.45. The molecule has 34 heavy (non-hydrogen) atoms. The minimum atomic E-state index is -0.158. The molecule has 0 aliphatic heterocycles. The summed E-state index contributed by atoms with van der Waals surface area (Å²) >= 11 is 0. The zero-order valence-corrected chi connectivity index (χ0v) is 19.5. The third kappa shape index (κ3) is 3.85. The molecule has 0 saturated heterocycles. The lowest BCUT2D eigenvalue weighted by molar-refractivity contribution is 0.605. The number of aromatic nitrogens is 4. The van der Waals surface area contributed by atoms with Gasteiger partial charge >= 0.3 is 0 Å². The molecule has 4 heterocycles. The molecule has 170 valence electrons. The van der Waals surface area contributed by atoms with Crippen LogP contribution in [0.5, 0.6) is 0 Å². The Labute approximate surface area is 197 Å². The normalized spacial score (nSPS) is 12.1. The van der Waals surface area contributed by atoms with Crippen LogP contribution in [0.2, 0.25) is 0 Å². The molecule has 1 atom stereocenters. The summed E-state index contributed by atoms with van der Waals surface area (Å²) in [6.45, 7) is 5.84. The van der Waals surface area contributed by atoms with E-state index in [1.54, 1.807) is 36.4 Å². The molecule has 0 aliphatic rings. The van der Waals surface area contributed by atoms with Gasteiger partial charge in [-0.25, -0.2) is 0 Å². The second-order valence-electron chi connectivity index (χ2n) is 8.53. The van der Waals surface area contributed by atoms with E-state index in [1.165, 1.54) is 0 Å². The summed E-state index contributed by atoms with van der Waals surface area (Å²) in [4.78, 5) is 22.1. The number of nitrogens with one attached hydrogen (secondary N) is 1. The van der Waals surface area contributed by atoms with Crippen molar-refractivity contribution in [2.45, 2.75) is 26.8 Å². The summed E-state index contributed by atoms with van der Waals surface area (Å²) in [7, 11) is 1.88. The van der Waals surface area contributed by atoms with E-state index in [-0.39, 0.29) is 11.5 Å². The maximum absolute atomic E-state index is 13.3. The first-order valence-electron chi connectivity index (χ1n) is 11.1. The predicted molar refractivity (Wildman–Crippen MR) is 134 cm³/mol. The zero-order valence-electron chi connectivity index (χ0n) is 19.5. The van der Waals surface area contributed by atoms with Crippen molar-refractivity contribution in [2.75, 3.05) is 5.32 Å². The topological polar surface area (TPSA) is 85.8 Å². The van der Waals surface area contributed by atoms with E-state index < -0.39 is 0 Å². The fourth-order valence-electron chi connectivity index (χ4n) is 4.27. The van der Waals surface area contributed by atoms with Gasteiger partial charge in [0.25, 0.3) is 0 Å². The van der Waals surface area contributed by atoms with Crippen molar-refractivity contribution < 1.29 is 4.42 Å². The number of hydrogen-bond acceptors (Lipinski definition) is 6. The van der Waals surface area contributed by atoms with E-state index >= 15 is 0 Å². The lowest BCUT2D eigenvalue weighted by Crippen LogP contribution is -2.13. The van der Waals surface area contributed by atoms with Crippen LogP contribution in [0.1, 0.15) is 29.7 Å². The molecule has 7 heteroatoms. The maximum atomic E-state index is 13.3. The van der Waals surface area contributed by atoms with Gasteiger partial charge < -0.3 is 9.73 Å². The zero-order chi connectivity index (χ0) is 23.8. The van der Waals surface area contributed by atoms with E-state index in [4.69, 9.17) is 4.42 Å². The van der Waals surface area contributed by atoms with E-state index in [9.17, 15) is 4.79 Å². The summed E-state index contributed by atoms with van der Waals surface area (Å²) in [5.41, 5.74) is 6.40. The fraction of sp³-hybridized carbons (Fsp3) is 0.185. The number of rotatable bonds is 5. The Bertz CT molecular complexity index is 1550. The Morgan fingerprint density at radius 3 is 2.62 bits per heavy atom. The van der Waals surface area contributed by atoms with Gasteiger partial charge in [0.1, 0.15) is 11.3 Å². The van der Waals surface area contributed by atoms with E-state index in [0.29, 0.717) is 22.3 Å². The van der Waals surface area contributed by atoms with Gasteiger partial charge in [0.05, 0.1) is 29.0 Å². The minimum Gasteiger partial charge on any atom is -0.455 e. The van der Waals surface area contributed by atoms with Gasteiger partial charge in [0.15, 0.2) is 5.43 Å². The predicted octanol–water partition coefficient (Wildman–Crippen LogP) is 5.44. The van der Waals surface area contributed by atoms with Crippen molar-refractivity contribution >= 4 is 16.7 Å². The summed E-state index contributed by atoms with van der Waals surface area (Å²) in [5.74, 6) is 0.542. The number of aryl methyl sites for hydroxylation is 2. The molecule has 0 saturated carbocycles. The molecule has 1 N–H and O–H groups in total. The average molecular weight is 452 g/mol. The fourth-order valence-corrected chi connectivity index (χ4v) is 4.27. The van der Waals surface area contributed by atoms with Gasteiger partial charge in [-0.2, -0.15) is 5.10 Å². The number of hydrogen-bond donors (Lipinski definition) is 1. The highest BCUT2D eigenvalue weighted by Crippen LogP contribution is 2.33. The Morgan fingerprint density at radius 1 is 1.06 bits per heavy atom. The second kappa shape index (κ2) is 8.59. The van der Waals surface area contributed by atoms with Crippen LogP contribution in [0.3, 0.4) is 0 Å². The smallest absolute Gasteiger partial charge is 0.196 e. The van der Waals surface area contributed by atoms with Crippen LogP contribution < -0.4 is 10.7 Å². The van der Waals surface area contributed by atoms with Crippen LogP contribution in [0.15, 0.2) is 76.6 Å². The summed E-state index contributed by atoms with van der Waals surface area (Å²) in [6.07, 6.45) is 8.90. The molecule has 5 rings (SSSR count). The highest BCUT2D eigenvalue weighted by atomic mass is 16.3. The average Bonchev–Trinajstić information content (AvgIpc) is 3.28. The number of pyridine rings is 2.